The molecule has 0 spiro atoms. The summed E-state index contributed by atoms with van der Waals surface area (Å²) in [5.41, 5.74) is 4.62. The summed E-state index contributed by atoms with van der Waals surface area (Å²) < 4.78 is 12.4. The first-order valence-corrected chi connectivity index (χ1v) is 15.4. The van der Waals surface area contributed by atoms with Gasteiger partial charge < -0.3 is 9.47 Å². The summed E-state index contributed by atoms with van der Waals surface area (Å²) in [6.07, 6.45) is 9.94. The van der Waals surface area contributed by atoms with E-state index in [1.165, 1.54) is 55.2 Å². The SMILES string of the molecule is C=C(C)c1ccc(OCCCCCC)cc1.CCCCCCOc1ccc(-c2cssc2=S)cc1. The minimum atomic E-state index is 0.812. The highest BCUT2D eigenvalue weighted by Crippen LogP contribution is 2.29. The van der Waals surface area contributed by atoms with Gasteiger partial charge in [0.2, 0.25) is 0 Å². The maximum absolute atomic E-state index is 5.73. The number of unbranched alkanes of at least 4 members (excludes halogenated alkanes) is 6. The van der Waals surface area contributed by atoms with Crippen molar-refractivity contribution in [2.45, 2.75) is 72.1 Å². The third kappa shape index (κ3) is 11.6. The van der Waals surface area contributed by atoms with E-state index >= 15 is 0 Å². The number of rotatable bonds is 14. The largest absolute Gasteiger partial charge is 0.494 e. The van der Waals surface area contributed by atoms with Crippen molar-refractivity contribution >= 4 is 38.5 Å². The molecule has 3 rings (SSSR count). The first-order valence-electron chi connectivity index (χ1n) is 12.7. The van der Waals surface area contributed by atoms with E-state index in [1.54, 1.807) is 20.7 Å². The molecular weight excluding hydrogens is 489 g/mol. The Morgan fingerprint density at radius 1 is 0.771 bits per heavy atom. The van der Waals surface area contributed by atoms with Crippen molar-refractivity contribution in [3.8, 4) is 22.6 Å². The summed E-state index contributed by atoms with van der Waals surface area (Å²) >= 11 is 5.31. The van der Waals surface area contributed by atoms with Crippen LogP contribution in [0.15, 0.2) is 60.5 Å². The number of hydrogen-bond acceptors (Lipinski definition) is 5. The summed E-state index contributed by atoms with van der Waals surface area (Å²) in [6.45, 7) is 12.0. The van der Waals surface area contributed by atoms with Gasteiger partial charge in [-0.25, -0.2) is 0 Å². The van der Waals surface area contributed by atoms with E-state index in [0.717, 1.165) is 47.0 Å². The molecule has 3 aromatic rings. The smallest absolute Gasteiger partial charge is 0.119 e. The number of benzene rings is 2. The molecule has 0 radical (unpaired) electrons. The van der Waals surface area contributed by atoms with Crippen LogP contribution in [0.1, 0.15) is 77.7 Å². The Balaban J connectivity index is 0.000000251. The van der Waals surface area contributed by atoms with Crippen molar-refractivity contribution in [3.63, 3.8) is 0 Å². The molecule has 1 aromatic heterocycles. The Morgan fingerprint density at radius 2 is 1.29 bits per heavy atom. The predicted octanol–water partition coefficient (Wildman–Crippen LogP) is 10.8. The van der Waals surface area contributed by atoms with E-state index in [9.17, 15) is 0 Å². The number of ether oxygens (including phenoxy) is 2. The van der Waals surface area contributed by atoms with E-state index in [1.807, 2.05) is 31.2 Å². The Kier molecular flexibility index (Phi) is 14.6. The zero-order chi connectivity index (χ0) is 25.3. The van der Waals surface area contributed by atoms with E-state index in [0.29, 0.717) is 0 Å². The second-order valence-corrected chi connectivity index (χ2v) is 11.4. The lowest BCUT2D eigenvalue weighted by atomic mass is 10.1. The molecular formula is C30H40O2S3. The highest BCUT2D eigenvalue weighted by atomic mass is 32.9. The van der Waals surface area contributed by atoms with Gasteiger partial charge in [-0.15, -0.1) is 0 Å². The molecule has 5 heteroatoms. The fourth-order valence-corrected chi connectivity index (χ4v) is 5.80. The number of hydrogen-bond donors (Lipinski definition) is 0. The molecule has 1 heterocycles. The van der Waals surface area contributed by atoms with Crippen LogP contribution in [-0.4, -0.2) is 13.2 Å². The molecule has 0 unspecified atom stereocenters. The number of allylic oxidation sites excluding steroid dienone is 1. The van der Waals surface area contributed by atoms with Crippen molar-refractivity contribution in [1.29, 1.82) is 0 Å². The van der Waals surface area contributed by atoms with Crippen LogP contribution >= 0.6 is 32.9 Å². The van der Waals surface area contributed by atoms with Gasteiger partial charge in [-0.05, 0) is 55.2 Å². The van der Waals surface area contributed by atoms with Crippen LogP contribution in [0.3, 0.4) is 0 Å². The van der Waals surface area contributed by atoms with Crippen molar-refractivity contribution in [1.82, 2.24) is 0 Å². The molecule has 0 amide bonds. The molecule has 0 atom stereocenters. The van der Waals surface area contributed by atoms with Gasteiger partial charge >= 0.3 is 0 Å². The maximum Gasteiger partial charge on any atom is 0.119 e. The minimum absolute atomic E-state index is 0.812. The monoisotopic (exact) mass is 528 g/mol. The van der Waals surface area contributed by atoms with E-state index in [-0.39, 0.29) is 0 Å². The predicted molar refractivity (Wildman–Crippen MR) is 159 cm³/mol. The van der Waals surface area contributed by atoms with Crippen LogP contribution in [0.2, 0.25) is 0 Å². The van der Waals surface area contributed by atoms with Gasteiger partial charge in [0, 0.05) is 10.9 Å². The maximum atomic E-state index is 5.73. The average Bonchev–Trinajstić information content (AvgIpc) is 3.30. The highest BCUT2D eigenvalue weighted by Gasteiger charge is 2.02. The van der Waals surface area contributed by atoms with Crippen LogP contribution in [0.25, 0.3) is 16.7 Å². The fourth-order valence-electron chi connectivity index (χ4n) is 3.40. The van der Waals surface area contributed by atoms with Gasteiger partial charge in [0.05, 0.1) is 13.2 Å². The molecule has 35 heavy (non-hydrogen) atoms. The van der Waals surface area contributed by atoms with Gasteiger partial charge in [-0.3, -0.25) is 0 Å². The molecule has 0 fully saturated rings. The van der Waals surface area contributed by atoms with E-state index in [4.69, 9.17) is 21.7 Å². The molecule has 2 aromatic carbocycles. The quantitative estimate of drug-likeness (QED) is 0.118. The van der Waals surface area contributed by atoms with Gasteiger partial charge in [0.1, 0.15) is 15.3 Å². The van der Waals surface area contributed by atoms with Crippen molar-refractivity contribution < 1.29 is 9.47 Å². The second-order valence-electron chi connectivity index (χ2n) is 8.65. The topological polar surface area (TPSA) is 18.5 Å². The molecule has 0 saturated heterocycles. The standard InChI is InChI=1S/C15H18OS3.C15H22O/c1-2-3-4-5-10-16-13-8-6-12(7-9-13)14-11-18-19-15(14)17;1-4-5-6-7-12-16-15-10-8-14(9-11-15)13(2)3/h6-9,11H,2-5,10H2,1H3;8-11H,2,4-7,12H2,1,3H3. The Bertz CT molecular complexity index is 1020. The Hall–Kier alpha value is -1.95. The van der Waals surface area contributed by atoms with Gasteiger partial charge in [-0.1, -0.05) is 122 Å². The first-order chi connectivity index (χ1) is 17.0. The first kappa shape index (κ1) is 29.3. The molecule has 190 valence electrons. The normalized spacial score (nSPS) is 10.4. The third-order valence-electron chi connectivity index (χ3n) is 5.56. The second kappa shape index (κ2) is 17.5. The molecule has 0 N–H and O–H groups in total. The molecule has 2 nitrogen and oxygen atoms in total. The summed E-state index contributed by atoms with van der Waals surface area (Å²) in [7, 11) is 3.34. The van der Waals surface area contributed by atoms with E-state index in [2.05, 4.69) is 50.1 Å². The molecule has 0 bridgehead atoms. The third-order valence-corrected chi connectivity index (χ3v) is 8.22. The summed E-state index contributed by atoms with van der Waals surface area (Å²) in [5.74, 6) is 1.91. The van der Waals surface area contributed by atoms with Crippen LogP contribution in [0.5, 0.6) is 11.5 Å². The fraction of sp³-hybridized carbons (Fsp3) is 0.433. The highest BCUT2D eigenvalue weighted by molar-refractivity contribution is 7.79. The van der Waals surface area contributed by atoms with Crippen LogP contribution in [-0.2, 0) is 0 Å². The molecule has 0 saturated carbocycles. The lowest BCUT2D eigenvalue weighted by molar-refractivity contribution is 0.305. The van der Waals surface area contributed by atoms with E-state index < -0.39 is 0 Å². The van der Waals surface area contributed by atoms with Gasteiger partial charge in [-0.2, -0.15) is 0 Å². The summed E-state index contributed by atoms with van der Waals surface area (Å²) in [6, 6.07) is 16.4. The van der Waals surface area contributed by atoms with Crippen LogP contribution in [0.4, 0.5) is 0 Å². The molecule has 0 aliphatic rings. The summed E-state index contributed by atoms with van der Waals surface area (Å²) in [5, 5.41) is 2.12. The zero-order valence-electron chi connectivity index (χ0n) is 21.5. The molecule has 0 aliphatic heterocycles. The van der Waals surface area contributed by atoms with Crippen LogP contribution in [0, 0.1) is 3.82 Å². The van der Waals surface area contributed by atoms with Crippen molar-refractivity contribution in [2.24, 2.45) is 0 Å². The Morgan fingerprint density at radius 3 is 1.71 bits per heavy atom. The average molecular weight is 529 g/mol. The summed E-state index contributed by atoms with van der Waals surface area (Å²) in [4.78, 5) is 0. The minimum Gasteiger partial charge on any atom is -0.494 e. The lowest BCUT2D eigenvalue weighted by Gasteiger charge is -2.06. The van der Waals surface area contributed by atoms with Crippen molar-refractivity contribution in [2.75, 3.05) is 13.2 Å². The lowest BCUT2D eigenvalue weighted by Crippen LogP contribution is -1.97. The zero-order valence-corrected chi connectivity index (χ0v) is 24.0. The van der Waals surface area contributed by atoms with Gasteiger partial charge in [0.15, 0.2) is 0 Å². The van der Waals surface area contributed by atoms with Crippen LogP contribution < -0.4 is 9.47 Å². The van der Waals surface area contributed by atoms with Gasteiger partial charge in [0.25, 0.3) is 0 Å². The molecule has 0 aliphatic carbocycles. The Labute approximate surface area is 225 Å². The van der Waals surface area contributed by atoms with Crippen molar-refractivity contribution in [3.05, 3.63) is 69.9 Å².